The molecule has 0 saturated heterocycles. The van der Waals surface area contributed by atoms with Gasteiger partial charge in [-0.25, -0.2) is 9.18 Å². The second kappa shape index (κ2) is 7.33. The second-order valence-corrected chi connectivity index (χ2v) is 5.18. The average Bonchev–Trinajstić information content (AvgIpc) is 2.53. The predicted octanol–water partition coefficient (Wildman–Crippen LogP) is 4.85. The molecule has 0 aromatic heterocycles. The Hall–Kier alpha value is -2.98. The zero-order valence-electron chi connectivity index (χ0n) is 13.2. The fraction of sp³-hybridized carbons (Fsp3) is 0.188. The van der Waals surface area contributed by atoms with E-state index in [2.05, 4.69) is 4.74 Å². The van der Waals surface area contributed by atoms with Gasteiger partial charge in [0.05, 0.1) is 0 Å². The van der Waals surface area contributed by atoms with E-state index in [1.54, 1.807) is 5.32 Å². The van der Waals surface area contributed by atoms with E-state index in [-0.39, 0.29) is 5.69 Å². The molecule has 0 spiro atoms. The van der Waals surface area contributed by atoms with Gasteiger partial charge in [0.1, 0.15) is 11.6 Å². The van der Waals surface area contributed by atoms with Crippen LogP contribution in [0.15, 0.2) is 54.6 Å². The summed E-state index contributed by atoms with van der Waals surface area (Å²) in [5, 5.41) is 2.48. The Balaban J connectivity index is 2.37. The first-order chi connectivity index (χ1) is 12.4. The Kier molecular flexibility index (Phi) is 5.52. The molecular weight excluding hydrogens is 385 g/mol. The van der Waals surface area contributed by atoms with Gasteiger partial charge in [-0.05, 0) is 30.3 Å². The van der Waals surface area contributed by atoms with Crippen LogP contribution in [0.3, 0.4) is 0 Å². The van der Waals surface area contributed by atoms with Crippen LogP contribution in [0.4, 0.5) is 41.2 Å². The molecule has 146 valence electrons. The number of amides is 2. The number of anilines is 1. The Morgan fingerprint density at radius 3 is 1.96 bits per heavy atom. The molecule has 2 rings (SSSR count). The zero-order chi connectivity index (χ0) is 20.3. The lowest BCUT2D eigenvalue weighted by Crippen LogP contribution is -2.71. The molecule has 4 nitrogen and oxygen atoms in total. The fourth-order valence-electron chi connectivity index (χ4n) is 2.00. The Morgan fingerprint density at radius 1 is 0.852 bits per heavy atom. The molecule has 0 unspecified atom stereocenters. The van der Waals surface area contributed by atoms with Gasteiger partial charge in [0.15, 0.2) is 0 Å². The van der Waals surface area contributed by atoms with Crippen molar-refractivity contribution >= 4 is 11.7 Å². The third kappa shape index (κ3) is 4.60. The molecule has 2 N–H and O–H groups in total. The Morgan fingerprint density at radius 2 is 1.44 bits per heavy atom. The summed E-state index contributed by atoms with van der Waals surface area (Å²) < 4.78 is 97.5. The topological polar surface area (TPSA) is 50.4 Å². The smallest absolute Gasteiger partial charge is 0.451 e. The van der Waals surface area contributed by atoms with Gasteiger partial charge in [-0.2, -0.15) is 26.3 Å². The molecular formula is C16H11F7N2O2. The van der Waals surface area contributed by atoms with Crippen molar-refractivity contribution in [1.29, 1.82) is 0 Å². The van der Waals surface area contributed by atoms with E-state index in [0.717, 1.165) is 47.8 Å². The van der Waals surface area contributed by atoms with Crippen molar-refractivity contribution in [3.05, 3.63) is 60.4 Å². The van der Waals surface area contributed by atoms with Crippen LogP contribution in [-0.2, 0) is 0 Å². The average molecular weight is 396 g/mol. The van der Waals surface area contributed by atoms with Crippen molar-refractivity contribution in [3.63, 3.8) is 0 Å². The lowest BCUT2D eigenvalue weighted by Gasteiger charge is -2.37. The number of hydrogen-bond acceptors (Lipinski definition) is 2. The van der Waals surface area contributed by atoms with E-state index < -0.39 is 35.7 Å². The van der Waals surface area contributed by atoms with Gasteiger partial charge in [0.2, 0.25) is 0 Å². The first-order valence-corrected chi connectivity index (χ1v) is 7.17. The van der Waals surface area contributed by atoms with E-state index in [1.165, 1.54) is 6.07 Å². The van der Waals surface area contributed by atoms with E-state index in [0.29, 0.717) is 6.07 Å². The normalized spacial score (nSPS) is 12.4. The number of urea groups is 1. The summed E-state index contributed by atoms with van der Waals surface area (Å²) in [5.74, 6) is -1.63. The van der Waals surface area contributed by atoms with Gasteiger partial charge in [-0.15, -0.1) is 0 Å². The summed E-state index contributed by atoms with van der Waals surface area (Å²) in [4.78, 5) is 11.8. The van der Waals surface area contributed by atoms with Crippen LogP contribution in [0, 0.1) is 5.82 Å². The van der Waals surface area contributed by atoms with E-state index >= 15 is 0 Å². The summed E-state index contributed by atoms with van der Waals surface area (Å²) >= 11 is 0. The highest BCUT2D eigenvalue weighted by atomic mass is 19.4. The zero-order valence-corrected chi connectivity index (χ0v) is 13.2. The van der Waals surface area contributed by atoms with Crippen molar-refractivity contribution < 1.29 is 40.3 Å². The number of halogens is 7. The van der Waals surface area contributed by atoms with Crippen LogP contribution in [-0.4, -0.2) is 24.1 Å². The van der Waals surface area contributed by atoms with Crippen LogP contribution in [0.2, 0.25) is 0 Å². The monoisotopic (exact) mass is 396 g/mol. The maximum absolute atomic E-state index is 13.4. The van der Waals surface area contributed by atoms with Crippen LogP contribution < -0.4 is 15.4 Å². The molecule has 11 heteroatoms. The van der Waals surface area contributed by atoms with Gasteiger partial charge < -0.3 is 10.1 Å². The standard InChI is InChI=1S/C16H11F7N2O2/c17-10-5-4-6-11(9-10)24-13(26)25-14(15(18,19)20,16(21,22)23)27-12-7-2-1-3-8-12/h1-9H,(H2,24,25,26). The van der Waals surface area contributed by atoms with Crippen molar-refractivity contribution in [2.75, 3.05) is 5.32 Å². The molecule has 0 fully saturated rings. The summed E-state index contributed by atoms with van der Waals surface area (Å²) in [6.45, 7) is 0. The minimum absolute atomic E-state index is 0.356. The highest BCUT2D eigenvalue weighted by Gasteiger charge is 2.75. The van der Waals surface area contributed by atoms with Gasteiger partial charge >= 0.3 is 24.1 Å². The number of para-hydroxylation sites is 1. The molecule has 0 bridgehead atoms. The molecule has 0 aliphatic carbocycles. The molecule has 0 aliphatic rings. The summed E-state index contributed by atoms with van der Waals surface area (Å²) in [5.41, 5.74) is -5.39. The number of rotatable bonds is 4. The fourth-order valence-corrected chi connectivity index (χ4v) is 2.00. The van der Waals surface area contributed by atoms with E-state index in [4.69, 9.17) is 0 Å². The van der Waals surface area contributed by atoms with E-state index in [1.807, 2.05) is 0 Å². The number of benzene rings is 2. The SMILES string of the molecule is O=C(Nc1cccc(F)c1)NC(Oc1ccccc1)(C(F)(F)F)C(F)(F)F. The summed E-state index contributed by atoms with van der Waals surface area (Å²) in [6, 6.07) is 7.33. The molecule has 2 amide bonds. The number of alkyl halides is 6. The first-order valence-electron chi connectivity index (χ1n) is 7.17. The number of hydrogen-bond donors (Lipinski definition) is 2. The molecule has 0 radical (unpaired) electrons. The van der Waals surface area contributed by atoms with Crippen molar-refractivity contribution in [2.24, 2.45) is 0 Å². The number of nitrogens with one attached hydrogen (secondary N) is 2. The van der Waals surface area contributed by atoms with Crippen LogP contribution >= 0.6 is 0 Å². The predicted molar refractivity (Wildman–Crippen MR) is 80.5 cm³/mol. The van der Waals surface area contributed by atoms with E-state index in [9.17, 15) is 35.5 Å². The summed E-state index contributed by atoms with van der Waals surface area (Å²) in [6.07, 6.45) is -12.1. The number of carbonyl (C=O) groups excluding carboxylic acids is 1. The van der Waals surface area contributed by atoms with Gasteiger partial charge in [0, 0.05) is 5.69 Å². The van der Waals surface area contributed by atoms with Crippen molar-refractivity contribution in [2.45, 2.75) is 18.1 Å². The molecule has 0 saturated carbocycles. The van der Waals surface area contributed by atoms with Crippen LogP contribution in [0.25, 0.3) is 0 Å². The lowest BCUT2D eigenvalue weighted by molar-refractivity contribution is -0.364. The molecule has 2 aromatic rings. The maximum Gasteiger partial charge on any atom is 0.458 e. The highest BCUT2D eigenvalue weighted by Crippen LogP contribution is 2.44. The second-order valence-electron chi connectivity index (χ2n) is 5.18. The molecule has 2 aromatic carbocycles. The number of ether oxygens (including phenoxy) is 1. The van der Waals surface area contributed by atoms with Gasteiger partial charge in [-0.1, -0.05) is 24.3 Å². The first kappa shape index (κ1) is 20.3. The molecule has 0 heterocycles. The quantitative estimate of drug-likeness (QED) is 0.574. The Bertz CT molecular complexity index is 777. The van der Waals surface area contributed by atoms with Crippen LogP contribution in [0.1, 0.15) is 0 Å². The van der Waals surface area contributed by atoms with Crippen LogP contribution in [0.5, 0.6) is 5.75 Å². The minimum atomic E-state index is -6.07. The largest absolute Gasteiger partial charge is 0.458 e. The molecule has 0 aliphatic heterocycles. The third-order valence-corrected chi connectivity index (χ3v) is 3.18. The maximum atomic E-state index is 13.4. The lowest BCUT2D eigenvalue weighted by atomic mass is 10.2. The minimum Gasteiger partial charge on any atom is -0.451 e. The van der Waals surface area contributed by atoms with Gasteiger partial charge in [-0.3, -0.25) is 5.32 Å². The van der Waals surface area contributed by atoms with Crippen molar-refractivity contribution in [1.82, 2.24) is 5.32 Å². The van der Waals surface area contributed by atoms with Crippen molar-refractivity contribution in [3.8, 4) is 5.75 Å². The highest BCUT2D eigenvalue weighted by molar-refractivity contribution is 5.89. The third-order valence-electron chi connectivity index (χ3n) is 3.18. The Labute approximate surface area is 147 Å². The molecule has 27 heavy (non-hydrogen) atoms. The summed E-state index contributed by atoms with van der Waals surface area (Å²) in [7, 11) is 0. The van der Waals surface area contributed by atoms with Gasteiger partial charge in [0.25, 0.3) is 0 Å². The number of carbonyl (C=O) groups is 1. The molecule has 0 atom stereocenters.